The molecule has 1 unspecified atom stereocenters. The molecule has 0 saturated heterocycles. The molecule has 3 rings (SSSR count). The van der Waals surface area contributed by atoms with Crippen LogP contribution in [-0.2, 0) is 6.42 Å². The Morgan fingerprint density at radius 2 is 2.29 bits per heavy atom. The van der Waals surface area contributed by atoms with Crippen LogP contribution in [0.3, 0.4) is 0 Å². The number of benzene rings is 1. The van der Waals surface area contributed by atoms with E-state index in [-0.39, 0.29) is 11.9 Å². The summed E-state index contributed by atoms with van der Waals surface area (Å²) in [5, 5.41) is 2.75. The second-order valence-electron chi connectivity index (χ2n) is 5.10. The van der Waals surface area contributed by atoms with Crippen molar-refractivity contribution < 1.29 is 4.79 Å². The van der Waals surface area contributed by atoms with E-state index in [1.165, 1.54) is 10.4 Å². The number of hydrogen-bond acceptors (Lipinski definition) is 2. The van der Waals surface area contributed by atoms with Gasteiger partial charge in [-0.15, -0.1) is 11.3 Å². The molecule has 1 aliphatic rings. The first-order chi connectivity index (χ1) is 10.1. The number of fused-ring (bicyclic) bond motifs is 1. The molecule has 0 N–H and O–H groups in total. The highest BCUT2D eigenvalue weighted by Gasteiger charge is 2.31. The zero-order valence-electron chi connectivity index (χ0n) is 11.6. The Labute approximate surface area is 141 Å². The van der Waals surface area contributed by atoms with Crippen LogP contribution in [0.5, 0.6) is 0 Å². The molecule has 0 fully saturated rings. The second-order valence-corrected chi connectivity index (χ2v) is 7.39. The standard InChI is InChI=1S/C16H15BrClNOS/c1-2-14-12-6-8-21-15(12)5-7-19(14)16(20)11-4-3-10(18)9-13(11)17/h3-4,6,8-9,14H,2,5,7H2,1H3. The van der Waals surface area contributed by atoms with Gasteiger partial charge in [-0.2, -0.15) is 0 Å². The number of thiophene rings is 1. The van der Waals surface area contributed by atoms with Gasteiger partial charge < -0.3 is 4.90 Å². The lowest BCUT2D eigenvalue weighted by Crippen LogP contribution is -2.39. The zero-order valence-corrected chi connectivity index (χ0v) is 14.8. The van der Waals surface area contributed by atoms with Gasteiger partial charge in [0.2, 0.25) is 0 Å². The molecule has 110 valence electrons. The second kappa shape index (κ2) is 6.11. The van der Waals surface area contributed by atoms with Gasteiger partial charge in [0.15, 0.2) is 0 Å². The molecule has 2 heterocycles. The van der Waals surface area contributed by atoms with Crippen molar-refractivity contribution in [3.8, 4) is 0 Å². The maximum absolute atomic E-state index is 12.9. The highest BCUT2D eigenvalue weighted by Crippen LogP contribution is 2.36. The van der Waals surface area contributed by atoms with Gasteiger partial charge in [-0.05, 0) is 64.0 Å². The maximum atomic E-state index is 12.9. The van der Waals surface area contributed by atoms with Crippen molar-refractivity contribution in [3.63, 3.8) is 0 Å². The quantitative estimate of drug-likeness (QED) is 0.687. The van der Waals surface area contributed by atoms with Crippen LogP contribution < -0.4 is 0 Å². The van der Waals surface area contributed by atoms with Gasteiger partial charge in [0.25, 0.3) is 5.91 Å². The first-order valence-electron chi connectivity index (χ1n) is 6.94. The lowest BCUT2D eigenvalue weighted by atomic mass is 9.97. The summed E-state index contributed by atoms with van der Waals surface area (Å²) in [6.45, 7) is 2.91. The monoisotopic (exact) mass is 383 g/mol. The van der Waals surface area contributed by atoms with Crippen LogP contribution in [-0.4, -0.2) is 17.4 Å². The van der Waals surface area contributed by atoms with Crippen molar-refractivity contribution in [2.45, 2.75) is 25.8 Å². The molecule has 1 atom stereocenters. The third kappa shape index (κ3) is 2.77. The molecule has 1 aliphatic heterocycles. The van der Waals surface area contributed by atoms with E-state index in [0.717, 1.165) is 23.9 Å². The molecule has 1 aromatic heterocycles. The molecule has 1 aromatic carbocycles. The highest BCUT2D eigenvalue weighted by atomic mass is 79.9. The van der Waals surface area contributed by atoms with Gasteiger partial charge in [-0.1, -0.05) is 18.5 Å². The predicted octanol–water partition coefficient (Wildman–Crippen LogP) is 5.31. The molecule has 2 aromatic rings. The van der Waals surface area contributed by atoms with E-state index in [1.807, 2.05) is 4.90 Å². The van der Waals surface area contributed by atoms with Crippen molar-refractivity contribution in [2.75, 3.05) is 6.54 Å². The summed E-state index contributed by atoms with van der Waals surface area (Å²) in [6, 6.07) is 7.67. The summed E-state index contributed by atoms with van der Waals surface area (Å²) in [5.41, 5.74) is 1.99. The number of amides is 1. The van der Waals surface area contributed by atoms with Gasteiger partial charge in [0, 0.05) is 20.9 Å². The highest BCUT2D eigenvalue weighted by molar-refractivity contribution is 9.10. The minimum Gasteiger partial charge on any atom is -0.331 e. The minimum atomic E-state index is 0.0715. The van der Waals surface area contributed by atoms with Crippen molar-refractivity contribution >= 4 is 44.8 Å². The van der Waals surface area contributed by atoms with Crippen molar-refractivity contribution in [1.29, 1.82) is 0 Å². The van der Waals surface area contributed by atoms with Crippen molar-refractivity contribution in [2.24, 2.45) is 0 Å². The molecule has 0 saturated carbocycles. The summed E-state index contributed by atoms with van der Waals surface area (Å²) in [6.07, 6.45) is 1.88. The SMILES string of the molecule is CCC1c2ccsc2CCN1C(=O)c1ccc(Cl)cc1Br. The molecule has 0 radical (unpaired) electrons. The average Bonchev–Trinajstić information content (AvgIpc) is 2.94. The van der Waals surface area contributed by atoms with Crippen molar-refractivity contribution in [3.05, 3.63) is 55.1 Å². The number of carbonyl (C=O) groups excluding carboxylic acids is 1. The van der Waals surface area contributed by atoms with E-state index in [1.54, 1.807) is 29.5 Å². The topological polar surface area (TPSA) is 20.3 Å². The Kier molecular flexibility index (Phi) is 4.38. The number of carbonyl (C=O) groups is 1. The van der Waals surface area contributed by atoms with Crippen LogP contribution in [0.2, 0.25) is 5.02 Å². The minimum absolute atomic E-state index is 0.0715. The van der Waals surface area contributed by atoms with Crippen molar-refractivity contribution in [1.82, 2.24) is 4.90 Å². The Bertz CT molecular complexity index is 685. The van der Waals surface area contributed by atoms with Gasteiger partial charge in [0.1, 0.15) is 0 Å². The van der Waals surface area contributed by atoms with Crippen LogP contribution in [0, 0.1) is 0 Å². The fourth-order valence-electron chi connectivity index (χ4n) is 2.90. The molecule has 1 amide bonds. The first-order valence-corrected chi connectivity index (χ1v) is 8.99. The van der Waals surface area contributed by atoms with E-state index < -0.39 is 0 Å². The fraction of sp³-hybridized carbons (Fsp3) is 0.312. The molecule has 5 heteroatoms. The fourth-order valence-corrected chi connectivity index (χ4v) is 4.68. The molecular weight excluding hydrogens is 370 g/mol. The lowest BCUT2D eigenvalue weighted by Gasteiger charge is -2.35. The van der Waals surface area contributed by atoms with Gasteiger partial charge >= 0.3 is 0 Å². The van der Waals surface area contributed by atoms with E-state index in [9.17, 15) is 4.79 Å². The summed E-state index contributed by atoms with van der Waals surface area (Å²) in [7, 11) is 0. The summed E-state index contributed by atoms with van der Waals surface area (Å²) < 4.78 is 0.756. The molecular formula is C16H15BrClNOS. The average molecular weight is 385 g/mol. The summed E-state index contributed by atoms with van der Waals surface area (Å²) >= 11 is 11.2. The lowest BCUT2D eigenvalue weighted by molar-refractivity contribution is 0.0656. The van der Waals surface area contributed by atoms with Crippen LogP contribution >= 0.6 is 38.9 Å². The Hall–Kier alpha value is -0.840. The maximum Gasteiger partial charge on any atom is 0.255 e. The zero-order chi connectivity index (χ0) is 15.0. The first kappa shape index (κ1) is 15.1. The van der Waals surface area contributed by atoms with Crippen LogP contribution in [0.25, 0.3) is 0 Å². The normalized spacial score (nSPS) is 17.7. The van der Waals surface area contributed by atoms with Gasteiger partial charge in [-0.25, -0.2) is 0 Å². The smallest absolute Gasteiger partial charge is 0.255 e. The molecule has 2 nitrogen and oxygen atoms in total. The number of hydrogen-bond donors (Lipinski definition) is 0. The summed E-state index contributed by atoms with van der Waals surface area (Å²) in [4.78, 5) is 16.3. The van der Waals surface area contributed by atoms with E-state index >= 15 is 0 Å². The third-order valence-electron chi connectivity index (χ3n) is 3.90. The molecule has 0 spiro atoms. The number of rotatable bonds is 2. The Balaban J connectivity index is 1.94. The van der Waals surface area contributed by atoms with E-state index in [4.69, 9.17) is 11.6 Å². The largest absolute Gasteiger partial charge is 0.331 e. The Morgan fingerprint density at radius 1 is 1.48 bits per heavy atom. The predicted molar refractivity (Wildman–Crippen MR) is 91.2 cm³/mol. The van der Waals surface area contributed by atoms with Gasteiger partial charge in [0.05, 0.1) is 11.6 Å². The number of halogens is 2. The van der Waals surface area contributed by atoms with Crippen LogP contribution in [0.1, 0.15) is 40.2 Å². The number of nitrogens with zero attached hydrogens (tertiary/aromatic N) is 1. The molecule has 0 aliphatic carbocycles. The van der Waals surface area contributed by atoms with E-state index in [2.05, 4.69) is 34.3 Å². The van der Waals surface area contributed by atoms with Gasteiger partial charge in [-0.3, -0.25) is 4.79 Å². The molecule has 21 heavy (non-hydrogen) atoms. The van der Waals surface area contributed by atoms with E-state index in [0.29, 0.717) is 10.6 Å². The van der Waals surface area contributed by atoms with Crippen LogP contribution in [0.4, 0.5) is 0 Å². The van der Waals surface area contributed by atoms with Crippen LogP contribution in [0.15, 0.2) is 34.1 Å². The Morgan fingerprint density at radius 3 is 3.00 bits per heavy atom. The summed E-state index contributed by atoms with van der Waals surface area (Å²) in [5.74, 6) is 0.0715. The third-order valence-corrected chi connectivity index (χ3v) is 5.79. The molecule has 0 bridgehead atoms.